The highest BCUT2D eigenvalue weighted by Crippen LogP contribution is 2.45. The molecule has 3 fully saturated rings. The smallest absolute Gasteiger partial charge is 0.224 e. The summed E-state index contributed by atoms with van der Waals surface area (Å²) >= 11 is 1.63. The molecule has 0 amide bonds. The summed E-state index contributed by atoms with van der Waals surface area (Å²) in [5, 5.41) is 17.6. The van der Waals surface area contributed by atoms with E-state index in [4.69, 9.17) is 19.7 Å². The Morgan fingerprint density at radius 1 is 1.16 bits per heavy atom. The third-order valence-corrected chi connectivity index (χ3v) is 9.18. The molecule has 3 N–H and O–H groups in total. The monoisotopic (exact) mass is 522 g/mol. The molecule has 3 heterocycles. The van der Waals surface area contributed by atoms with Gasteiger partial charge in [0, 0.05) is 44.3 Å². The van der Waals surface area contributed by atoms with Crippen LogP contribution in [-0.2, 0) is 9.53 Å². The lowest BCUT2D eigenvalue weighted by molar-refractivity contribution is -0.111. The Balaban J connectivity index is 1.34. The second kappa shape index (κ2) is 10.2. The number of aromatic nitrogens is 4. The van der Waals surface area contributed by atoms with Crippen LogP contribution in [0.5, 0.6) is 0 Å². The van der Waals surface area contributed by atoms with Crippen molar-refractivity contribution in [3.05, 3.63) is 23.7 Å². The van der Waals surface area contributed by atoms with Crippen molar-refractivity contribution in [2.75, 3.05) is 30.9 Å². The zero-order chi connectivity index (χ0) is 25.5. The summed E-state index contributed by atoms with van der Waals surface area (Å²) < 4.78 is 6.53. The first-order valence-corrected chi connectivity index (χ1v) is 14.1. The maximum Gasteiger partial charge on any atom is 0.224 e. The number of fused-ring (bicyclic) bond motifs is 1. The summed E-state index contributed by atoms with van der Waals surface area (Å²) in [7, 11) is 1.76. The first-order chi connectivity index (χ1) is 18.1. The van der Waals surface area contributed by atoms with E-state index in [1.54, 1.807) is 18.4 Å². The van der Waals surface area contributed by atoms with Gasteiger partial charge in [-0.2, -0.15) is 4.98 Å². The standard InChI is InChI=1S/C27H34N6O3S/c1-14-22(26-32-24-21(37-26)5-6-28-23(24)17-3-4-17)25(31-20-10-16(12-34)7-18(20)13-35)33-27(30-14)29-11-15-8-19(9-15)36-2/h5-6,13,15-20,34H,3-4,7-12H2,1-2H3,(H2,29,30,31,33). The van der Waals surface area contributed by atoms with Crippen LogP contribution in [0.1, 0.15) is 55.8 Å². The van der Waals surface area contributed by atoms with Crippen molar-refractivity contribution < 1.29 is 14.6 Å². The lowest BCUT2D eigenvalue weighted by Gasteiger charge is -2.34. The molecule has 0 saturated heterocycles. The van der Waals surface area contributed by atoms with E-state index in [1.807, 2.05) is 19.2 Å². The third-order valence-electron chi connectivity index (χ3n) is 8.14. The number of ether oxygens (including phenoxy) is 1. The molecule has 6 rings (SSSR count). The van der Waals surface area contributed by atoms with Gasteiger partial charge >= 0.3 is 0 Å². The number of aliphatic hydroxyl groups is 1. The second-order valence-corrected chi connectivity index (χ2v) is 11.9. The summed E-state index contributed by atoms with van der Waals surface area (Å²) in [6.07, 6.45) is 9.07. The van der Waals surface area contributed by atoms with Gasteiger partial charge in [-0.25, -0.2) is 9.97 Å². The van der Waals surface area contributed by atoms with Crippen molar-refractivity contribution in [1.29, 1.82) is 0 Å². The Hall–Kier alpha value is -2.69. The molecule has 0 bridgehead atoms. The van der Waals surface area contributed by atoms with Crippen molar-refractivity contribution in [1.82, 2.24) is 19.9 Å². The molecule has 0 radical (unpaired) electrons. The van der Waals surface area contributed by atoms with Gasteiger partial charge < -0.3 is 25.3 Å². The number of hydrogen-bond acceptors (Lipinski definition) is 10. The van der Waals surface area contributed by atoms with Gasteiger partial charge in [-0.3, -0.25) is 4.98 Å². The van der Waals surface area contributed by atoms with E-state index in [9.17, 15) is 9.90 Å². The molecule has 3 aliphatic rings. The molecule has 37 heavy (non-hydrogen) atoms. The second-order valence-electron chi connectivity index (χ2n) is 10.8. The molecule has 3 unspecified atom stereocenters. The number of methoxy groups -OCH3 is 1. The Morgan fingerprint density at radius 2 is 2.00 bits per heavy atom. The minimum atomic E-state index is -0.168. The number of pyridine rings is 1. The van der Waals surface area contributed by atoms with Gasteiger partial charge in [0.15, 0.2) is 0 Å². The van der Waals surface area contributed by atoms with Crippen LogP contribution < -0.4 is 10.6 Å². The molecule has 10 heteroatoms. The van der Waals surface area contributed by atoms with Gasteiger partial charge in [0.2, 0.25) is 5.95 Å². The van der Waals surface area contributed by atoms with Gasteiger partial charge in [-0.15, -0.1) is 11.3 Å². The molecule has 3 saturated carbocycles. The molecule has 3 atom stereocenters. The maximum atomic E-state index is 11.9. The van der Waals surface area contributed by atoms with Crippen LogP contribution in [0.15, 0.2) is 12.3 Å². The van der Waals surface area contributed by atoms with E-state index in [-0.39, 0.29) is 24.5 Å². The van der Waals surface area contributed by atoms with Crippen LogP contribution >= 0.6 is 11.3 Å². The quantitative estimate of drug-likeness (QED) is 0.337. The summed E-state index contributed by atoms with van der Waals surface area (Å²) in [4.78, 5) is 31.3. The van der Waals surface area contributed by atoms with Crippen LogP contribution in [0.25, 0.3) is 20.8 Å². The fourth-order valence-corrected chi connectivity index (χ4v) is 6.81. The first kappa shape index (κ1) is 24.6. The van der Waals surface area contributed by atoms with E-state index in [0.717, 1.165) is 64.3 Å². The maximum absolute atomic E-state index is 11.9. The Bertz CT molecular complexity index is 1290. The van der Waals surface area contributed by atoms with Crippen LogP contribution in [-0.4, -0.2) is 63.7 Å². The summed E-state index contributed by atoms with van der Waals surface area (Å²) in [5.41, 5.74) is 3.77. The molecule has 9 nitrogen and oxygen atoms in total. The Kier molecular flexibility index (Phi) is 6.81. The number of aliphatic hydroxyl groups excluding tert-OH is 1. The lowest BCUT2D eigenvalue weighted by atomic mass is 9.82. The number of rotatable bonds is 10. The fourth-order valence-electron chi connectivity index (χ4n) is 5.74. The molecule has 0 aromatic carbocycles. The first-order valence-electron chi connectivity index (χ1n) is 13.3. The van der Waals surface area contributed by atoms with E-state index in [0.29, 0.717) is 36.1 Å². The van der Waals surface area contributed by atoms with Crippen LogP contribution in [0, 0.1) is 24.7 Å². The molecule has 0 spiro atoms. The van der Waals surface area contributed by atoms with E-state index in [2.05, 4.69) is 15.6 Å². The van der Waals surface area contributed by atoms with Crippen molar-refractivity contribution >= 4 is 39.6 Å². The predicted octanol–water partition coefficient (Wildman–Crippen LogP) is 4.17. The predicted molar refractivity (Wildman–Crippen MR) is 144 cm³/mol. The highest BCUT2D eigenvalue weighted by molar-refractivity contribution is 7.21. The van der Waals surface area contributed by atoms with E-state index < -0.39 is 0 Å². The molecule has 3 aromatic heterocycles. The molecule has 3 aromatic rings. The molecular formula is C27H34N6O3S. The van der Waals surface area contributed by atoms with Crippen molar-refractivity contribution in [2.45, 2.75) is 63.5 Å². The number of thiazole rings is 1. The van der Waals surface area contributed by atoms with E-state index in [1.165, 1.54) is 12.8 Å². The largest absolute Gasteiger partial charge is 0.396 e. The number of anilines is 2. The van der Waals surface area contributed by atoms with Gasteiger partial charge in [0.1, 0.15) is 22.6 Å². The average Bonchev–Trinajstić information content (AvgIpc) is 3.50. The number of hydrogen-bond donors (Lipinski definition) is 3. The number of carbonyl (C=O) groups is 1. The average molecular weight is 523 g/mol. The minimum Gasteiger partial charge on any atom is -0.396 e. The Labute approximate surface area is 220 Å². The number of carbonyl (C=O) groups excluding carboxylic acids is 1. The fraction of sp³-hybridized carbons (Fsp3) is 0.593. The number of aldehydes is 1. The third kappa shape index (κ3) is 4.94. The van der Waals surface area contributed by atoms with Crippen LogP contribution in [0.4, 0.5) is 11.8 Å². The zero-order valence-corrected chi connectivity index (χ0v) is 22.1. The normalized spacial score (nSPS) is 27.3. The number of aryl methyl sites for hydroxylation is 1. The van der Waals surface area contributed by atoms with Gasteiger partial charge in [-0.1, -0.05) is 0 Å². The molecule has 0 aliphatic heterocycles. The van der Waals surface area contributed by atoms with Gasteiger partial charge in [0.05, 0.1) is 27.8 Å². The number of nitrogens with one attached hydrogen (secondary N) is 2. The molecule has 196 valence electrons. The Morgan fingerprint density at radius 3 is 2.73 bits per heavy atom. The summed E-state index contributed by atoms with van der Waals surface area (Å²) in [6.45, 7) is 2.87. The van der Waals surface area contributed by atoms with Gasteiger partial charge in [0.25, 0.3) is 0 Å². The minimum absolute atomic E-state index is 0.0870. The molecular weight excluding hydrogens is 488 g/mol. The van der Waals surface area contributed by atoms with Gasteiger partial charge in [-0.05, 0) is 63.4 Å². The molecule has 3 aliphatic carbocycles. The zero-order valence-electron chi connectivity index (χ0n) is 21.3. The van der Waals surface area contributed by atoms with Crippen molar-refractivity contribution in [3.63, 3.8) is 0 Å². The SMILES string of the molecule is COC1CC(CNc2nc(C)c(-c3nc4c(C5CC5)nccc4s3)c(NC3CC(CO)CC3C=O)n2)C1. The summed E-state index contributed by atoms with van der Waals surface area (Å²) in [6, 6.07) is 1.93. The highest BCUT2D eigenvalue weighted by atomic mass is 32.1. The van der Waals surface area contributed by atoms with Crippen molar-refractivity contribution in [2.24, 2.45) is 17.8 Å². The van der Waals surface area contributed by atoms with Crippen LogP contribution in [0.3, 0.4) is 0 Å². The van der Waals surface area contributed by atoms with E-state index >= 15 is 0 Å². The van der Waals surface area contributed by atoms with Crippen molar-refractivity contribution in [3.8, 4) is 10.6 Å². The lowest BCUT2D eigenvalue weighted by Crippen LogP contribution is -2.35. The number of nitrogens with zero attached hydrogens (tertiary/aromatic N) is 4. The topological polar surface area (TPSA) is 122 Å². The van der Waals surface area contributed by atoms with Crippen LogP contribution in [0.2, 0.25) is 0 Å². The summed E-state index contributed by atoms with van der Waals surface area (Å²) in [5.74, 6) is 2.25. The highest BCUT2D eigenvalue weighted by Gasteiger charge is 2.35.